The number of allylic oxidation sites excluding steroid dienone is 5. The molecule has 0 fully saturated rings. The van der Waals surface area contributed by atoms with Gasteiger partial charge in [0.05, 0.1) is 0 Å². The Kier molecular flexibility index (Phi) is 7.61. The van der Waals surface area contributed by atoms with Crippen molar-refractivity contribution in [3.63, 3.8) is 0 Å². The first kappa shape index (κ1) is 26.5. The van der Waals surface area contributed by atoms with E-state index in [1.807, 2.05) is 6.07 Å². The van der Waals surface area contributed by atoms with Gasteiger partial charge in [-0.15, -0.1) is 24.8 Å². The molecule has 0 spiro atoms. The van der Waals surface area contributed by atoms with Crippen LogP contribution in [0.4, 0.5) is 4.39 Å². The van der Waals surface area contributed by atoms with Gasteiger partial charge in [-0.1, -0.05) is 0 Å². The van der Waals surface area contributed by atoms with Crippen LogP contribution in [0, 0.1) is 11.7 Å². The predicted octanol–water partition coefficient (Wildman–Crippen LogP) is 7.75. The Bertz CT molecular complexity index is 1190. The SMILES string of the molecule is CC1=C(C)C(C)[C]([Zr]([CH3])([CH3])(=[SiH2])[CH]2C=C(c3ccccc3)c3cc(F)ccc32)=C1C.Cl.Cl. The van der Waals surface area contributed by atoms with Crippen LogP contribution in [0.1, 0.15) is 48.0 Å². The quantitative estimate of drug-likeness (QED) is 0.340. The van der Waals surface area contributed by atoms with E-state index in [-0.39, 0.29) is 30.6 Å². The maximum absolute atomic E-state index is 14.3. The minimum Gasteiger partial charge on any atom is -0.147 e. The smallest absolute Gasteiger partial charge is 0.147 e. The first-order valence-electron chi connectivity index (χ1n) is 10.5. The molecule has 0 aromatic heterocycles. The van der Waals surface area contributed by atoms with Crippen molar-refractivity contribution in [2.75, 3.05) is 0 Å². The molecule has 0 heterocycles. The molecule has 0 bridgehead atoms. The van der Waals surface area contributed by atoms with Gasteiger partial charge in [0.15, 0.2) is 0 Å². The van der Waals surface area contributed by atoms with Crippen LogP contribution in [0.2, 0.25) is 9.26 Å². The number of fused-ring (bicyclic) bond motifs is 1. The van der Waals surface area contributed by atoms with E-state index in [0.29, 0.717) is 9.54 Å². The number of rotatable bonds is 3. The molecule has 2 aromatic carbocycles. The molecule has 2 aliphatic carbocycles. The molecule has 0 saturated heterocycles. The summed E-state index contributed by atoms with van der Waals surface area (Å²) in [5.41, 5.74) is 9.32. The van der Waals surface area contributed by atoms with Gasteiger partial charge >= 0.3 is 178 Å². The van der Waals surface area contributed by atoms with Crippen molar-refractivity contribution in [1.29, 1.82) is 0 Å². The average molecular weight is 555 g/mol. The fourth-order valence-electron chi connectivity index (χ4n) is 5.87. The van der Waals surface area contributed by atoms with E-state index in [1.54, 1.807) is 15.4 Å². The summed E-state index contributed by atoms with van der Waals surface area (Å²) in [6, 6.07) is 15.9. The fraction of sp³-hybridized carbons (Fsp3) is 0.308. The summed E-state index contributed by atoms with van der Waals surface area (Å²) in [6.45, 7) is 11.6. The molecule has 166 valence electrons. The fourth-order valence-corrected chi connectivity index (χ4v) is 24.4. The number of hydrogen-bond acceptors (Lipinski definition) is 0. The van der Waals surface area contributed by atoms with Gasteiger partial charge < -0.3 is 0 Å². The van der Waals surface area contributed by atoms with Crippen LogP contribution in [0.15, 0.2) is 74.6 Å². The second kappa shape index (κ2) is 8.90. The zero-order valence-electron chi connectivity index (χ0n) is 19.3. The first-order chi connectivity index (χ1) is 13.5. The number of benzene rings is 2. The molecule has 0 nitrogen and oxygen atoms in total. The van der Waals surface area contributed by atoms with Gasteiger partial charge in [0, 0.05) is 0 Å². The topological polar surface area (TPSA) is 0 Å². The van der Waals surface area contributed by atoms with Gasteiger partial charge in [-0.25, -0.2) is 0 Å². The molecule has 0 aliphatic heterocycles. The van der Waals surface area contributed by atoms with Crippen LogP contribution in [0.25, 0.3) is 5.57 Å². The van der Waals surface area contributed by atoms with Crippen molar-refractivity contribution in [2.24, 2.45) is 5.92 Å². The van der Waals surface area contributed by atoms with Crippen LogP contribution in [-0.2, 0) is 17.4 Å². The predicted molar refractivity (Wildman–Crippen MR) is 138 cm³/mol. The van der Waals surface area contributed by atoms with E-state index < -0.39 is 17.4 Å². The van der Waals surface area contributed by atoms with E-state index in [1.165, 1.54) is 33.4 Å². The van der Waals surface area contributed by atoms with E-state index in [2.05, 4.69) is 80.2 Å². The second-order valence-corrected chi connectivity index (χ2v) is 39.6. The monoisotopic (exact) mass is 552 g/mol. The van der Waals surface area contributed by atoms with Gasteiger partial charge in [-0.05, 0) is 0 Å². The Morgan fingerprint density at radius 2 is 1.52 bits per heavy atom. The molecule has 2 unspecified atom stereocenters. The van der Waals surface area contributed by atoms with Crippen LogP contribution < -0.4 is 0 Å². The molecular weight excluding hydrogens is 522 g/mol. The molecule has 0 saturated carbocycles. The maximum atomic E-state index is 14.3. The second-order valence-electron chi connectivity index (χ2n) is 10.0. The summed E-state index contributed by atoms with van der Waals surface area (Å²) in [4.78, 5) is 0. The average Bonchev–Trinajstić information content (AvgIpc) is 3.15. The molecule has 2 atom stereocenters. The molecule has 2 aromatic rings. The Hall–Kier alpha value is -0.730. The normalized spacial score (nSPS) is 20.8. The van der Waals surface area contributed by atoms with Crippen LogP contribution >= 0.6 is 24.8 Å². The molecule has 2 aliphatic rings. The summed E-state index contributed by atoms with van der Waals surface area (Å²) in [5, 5.41) is 0. The van der Waals surface area contributed by atoms with E-state index >= 15 is 0 Å². The maximum Gasteiger partial charge on any atom is -0.147 e. The van der Waals surface area contributed by atoms with Crippen molar-refractivity contribution in [3.05, 3.63) is 97.1 Å². The van der Waals surface area contributed by atoms with Crippen LogP contribution in [0.5, 0.6) is 0 Å². The largest absolute Gasteiger partial charge is 0.147 e. The van der Waals surface area contributed by atoms with E-state index in [4.69, 9.17) is 0 Å². The van der Waals surface area contributed by atoms with Gasteiger partial charge in [0.25, 0.3) is 0 Å². The van der Waals surface area contributed by atoms with Crippen LogP contribution in [-0.4, -0.2) is 6.88 Å². The van der Waals surface area contributed by atoms with Crippen molar-refractivity contribution < 1.29 is 21.8 Å². The summed E-state index contributed by atoms with van der Waals surface area (Å²) in [6.07, 6.45) is 2.48. The third-order valence-electron chi connectivity index (χ3n) is 7.58. The first-order valence-corrected chi connectivity index (χ1v) is 24.0. The minimum atomic E-state index is -3.43. The summed E-state index contributed by atoms with van der Waals surface area (Å²) in [7, 11) is 0. The van der Waals surface area contributed by atoms with Gasteiger partial charge in [-0.2, -0.15) is 0 Å². The number of hydrogen-bond donors (Lipinski definition) is 0. The third kappa shape index (κ3) is 4.17. The van der Waals surface area contributed by atoms with E-state index in [9.17, 15) is 4.39 Å². The molecular formula is C26H33Cl2FSiZr. The summed E-state index contributed by atoms with van der Waals surface area (Å²) >= 11 is -3.43. The molecule has 0 N–H and O–H groups in total. The number of halogens is 3. The van der Waals surface area contributed by atoms with Crippen molar-refractivity contribution in [3.8, 4) is 0 Å². The molecule has 0 amide bonds. The Balaban J connectivity index is 0.00000171. The zero-order valence-corrected chi connectivity index (χ0v) is 24.8. The molecule has 31 heavy (non-hydrogen) atoms. The van der Waals surface area contributed by atoms with Gasteiger partial charge in [0.1, 0.15) is 0 Å². The Morgan fingerprint density at radius 3 is 2.06 bits per heavy atom. The zero-order chi connectivity index (χ0) is 21.2. The van der Waals surface area contributed by atoms with Gasteiger partial charge in [-0.3, -0.25) is 0 Å². The summed E-state index contributed by atoms with van der Waals surface area (Å²) in [5.74, 6) is 0.371. The molecule has 0 radical (unpaired) electrons. The molecule has 5 heteroatoms. The minimum absolute atomic E-state index is 0. The Labute approximate surface area is 201 Å². The Morgan fingerprint density at radius 1 is 0.903 bits per heavy atom. The third-order valence-corrected chi connectivity index (χ3v) is 24.8. The standard InChI is InChI=1S/C15H10F.C9H13.2CH3.2ClH.H2Si.Zr/c16-13-8-6-12-7-9-14(15(12)10-13)11-4-2-1-3-5-11;1-6-5-7(2)9(4)8(6)3;;;;;;/h1-10H;6H,1-4H3;2*1H3;2*1H;1H2;. The van der Waals surface area contributed by atoms with Crippen molar-refractivity contribution >= 4 is 37.3 Å². The van der Waals surface area contributed by atoms with Crippen molar-refractivity contribution in [1.82, 2.24) is 0 Å². The molecule has 4 rings (SSSR count). The summed E-state index contributed by atoms with van der Waals surface area (Å²) < 4.78 is 21.6. The van der Waals surface area contributed by atoms with Gasteiger partial charge in [0.2, 0.25) is 0 Å². The van der Waals surface area contributed by atoms with Crippen LogP contribution in [0.3, 0.4) is 0 Å². The van der Waals surface area contributed by atoms with Crippen molar-refractivity contribution in [2.45, 2.75) is 40.6 Å². The van der Waals surface area contributed by atoms with E-state index in [0.717, 1.165) is 5.56 Å².